The third-order valence-corrected chi connectivity index (χ3v) is 4.02. The van der Waals surface area contributed by atoms with Gasteiger partial charge in [-0.25, -0.2) is 0 Å². The van der Waals surface area contributed by atoms with Crippen LogP contribution in [0.3, 0.4) is 0 Å². The standard InChI is InChI=1S/C18H29NO2/c1-3-4-5-9-12-17(15-18(20)21)19(2)14-13-16-10-7-6-8-11-16/h6-8,10-11,17H,3-5,9,12-15H2,1-2H3,(H,20,21). The molecular formula is C18H29NO2. The summed E-state index contributed by atoms with van der Waals surface area (Å²) in [5.41, 5.74) is 1.31. The van der Waals surface area contributed by atoms with Gasteiger partial charge in [0.1, 0.15) is 0 Å². The van der Waals surface area contributed by atoms with Crippen LogP contribution in [0.25, 0.3) is 0 Å². The number of carboxylic acids is 1. The molecule has 118 valence electrons. The Morgan fingerprint density at radius 3 is 2.52 bits per heavy atom. The van der Waals surface area contributed by atoms with Gasteiger partial charge in [0.15, 0.2) is 0 Å². The van der Waals surface area contributed by atoms with Gasteiger partial charge < -0.3 is 10.0 Å². The highest BCUT2D eigenvalue weighted by molar-refractivity contribution is 5.67. The van der Waals surface area contributed by atoms with E-state index in [1.807, 2.05) is 6.07 Å². The fraction of sp³-hybridized carbons (Fsp3) is 0.611. The molecule has 0 radical (unpaired) electrons. The Bertz CT molecular complexity index is 391. The molecule has 0 bridgehead atoms. The first-order valence-electron chi connectivity index (χ1n) is 8.09. The summed E-state index contributed by atoms with van der Waals surface area (Å²) in [7, 11) is 2.05. The minimum absolute atomic E-state index is 0.156. The van der Waals surface area contributed by atoms with E-state index in [2.05, 4.69) is 43.1 Å². The summed E-state index contributed by atoms with van der Waals surface area (Å²) in [4.78, 5) is 13.3. The van der Waals surface area contributed by atoms with Crippen molar-refractivity contribution in [3.05, 3.63) is 35.9 Å². The van der Waals surface area contributed by atoms with E-state index in [1.54, 1.807) is 0 Å². The lowest BCUT2D eigenvalue weighted by Crippen LogP contribution is -2.35. The van der Waals surface area contributed by atoms with Crippen molar-refractivity contribution < 1.29 is 9.90 Å². The van der Waals surface area contributed by atoms with Crippen LogP contribution < -0.4 is 0 Å². The van der Waals surface area contributed by atoms with E-state index in [-0.39, 0.29) is 12.5 Å². The Morgan fingerprint density at radius 1 is 1.19 bits per heavy atom. The van der Waals surface area contributed by atoms with Crippen LogP contribution >= 0.6 is 0 Å². The Hall–Kier alpha value is -1.35. The summed E-state index contributed by atoms with van der Waals surface area (Å²) in [6.07, 6.45) is 7.00. The van der Waals surface area contributed by atoms with E-state index >= 15 is 0 Å². The zero-order valence-corrected chi connectivity index (χ0v) is 13.4. The molecule has 0 fully saturated rings. The highest BCUT2D eigenvalue weighted by Crippen LogP contribution is 2.14. The van der Waals surface area contributed by atoms with E-state index < -0.39 is 5.97 Å². The summed E-state index contributed by atoms with van der Waals surface area (Å²) >= 11 is 0. The van der Waals surface area contributed by atoms with Gasteiger partial charge in [-0.2, -0.15) is 0 Å². The molecule has 1 rings (SSSR count). The number of likely N-dealkylation sites (N-methyl/N-ethyl adjacent to an activating group) is 1. The number of rotatable bonds is 11. The van der Waals surface area contributed by atoms with E-state index in [9.17, 15) is 4.79 Å². The molecule has 0 amide bonds. The Labute approximate surface area is 129 Å². The molecule has 0 spiro atoms. The molecule has 0 saturated heterocycles. The smallest absolute Gasteiger partial charge is 0.304 e. The van der Waals surface area contributed by atoms with Crippen LogP contribution in [0.15, 0.2) is 30.3 Å². The van der Waals surface area contributed by atoms with Crippen molar-refractivity contribution in [3.63, 3.8) is 0 Å². The van der Waals surface area contributed by atoms with Crippen molar-refractivity contribution in [2.24, 2.45) is 0 Å². The summed E-state index contributed by atoms with van der Waals surface area (Å²) in [6.45, 7) is 3.11. The van der Waals surface area contributed by atoms with Crippen molar-refractivity contribution in [1.82, 2.24) is 4.90 Å². The fourth-order valence-corrected chi connectivity index (χ4v) is 2.62. The second kappa shape index (κ2) is 10.4. The number of carboxylic acid groups (broad SMARTS) is 1. The fourth-order valence-electron chi connectivity index (χ4n) is 2.62. The first kappa shape index (κ1) is 17.7. The van der Waals surface area contributed by atoms with Crippen LogP contribution in [-0.2, 0) is 11.2 Å². The molecule has 0 saturated carbocycles. The van der Waals surface area contributed by atoms with Gasteiger partial charge in [-0.15, -0.1) is 0 Å². The molecule has 0 aliphatic carbocycles. The van der Waals surface area contributed by atoms with Crippen LogP contribution in [0.4, 0.5) is 0 Å². The number of benzene rings is 1. The first-order chi connectivity index (χ1) is 10.1. The lowest BCUT2D eigenvalue weighted by molar-refractivity contribution is -0.138. The molecule has 0 aromatic heterocycles. The van der Waals surface area contributed by atoms with Crippen LogP contribution in [0.2, 0.25) is 0 Å². The zero-order chi connectivity index (χ0) is 15.5. The quantitative estimate of drug-likeness (QED) is 0.627. The van der Waals surface area contributed by atoms with E-state index in [0.717, 1.165) is 25.8 Å². The first-order valence-corrected chi connectivity index (χ1v) is 8.09. The zero-order valence-electron chi connectivity index (χ0n) is 13.4. The number of hydrogen-bond donors (Lipinski definition) is 1. The molecule has 3 nitrogen and oxygen atoms in total. The summed E-state index contributed by atoms with van der Waals surface area (Å²) in [5.74, 6) is -0.693. The van der Waals surface area contributed by atoms with Crippen LogP contribution in [-0.4, -0.2) is 35.6 Å². The SMILES string of the molecule is CCCCCCC(CC(=O)O)N(C)CCc1ccccc1. The van der Waals surface area contributed by atoms with Gasteiger partial charge in [0, 0.05) is 12.6 Å². The average Bonchev–Trinajstić information content (AvgIpc) is 2.48. The summed E-state index contributed by atoms with van der Waals surface area (Å²) in [6, 6.07) is 10.5. The molecule has 0 aliphatic heterocycles. The maximum atomic E-state index is 11.1. The van der Waals surface area contributed by atoms with Crippen LogP contribution in [0.5, 0.6) is 0 Å². The van der Waals surface area contributed by atoms with E-state index in [0.29, 0.717) is 0 Å². The number of unbranched alkanes of at least 4 members (excludes halogenated alkanes) is 3. The molecule has 1 N–H and O–H groups in total. The van der Waals surface area contributed by atoms with Crippen LogP contribution in [0.1, 0.15) is 51.0 Å². The van der Waals surface area contributed by atoms with Gasteiger partial charge in [-0.1, -0.05) is 62.9 Å². The number of aliphatic carboxylic acids is 1. The Kier molecular flexibility index (Phi) is 8.76. The number of carbonyl (C=O) groups is 1. The summed E-state index contributed by atoms with van der Waals surface area (Å²) < 4.78 is 0. The van der Waals surface area contributed by atoms with Crippen molar-refractivity contribution in [3.8, 4) is 0 Å². The molecule has 21 heavy (non-hydrogen) atoms. The van der Waals surface area contributed by atoms with Gasteiger partial charge in [0.05, 0.1) is 6.42 Å². The largest absolute Gasteiger partial charge is 0.481 e. The van der Waals surface area contributed by atoms with Gasteiger partial charge in [-0.3, -0.25) is 4.79 Å². The molecule has 1 atom stereocenters. The summed E-state index contributed by atoms with van der Waals surface area (Å²) in [5, 5.41) is 9.09. The maximum absolute atomic E-state index is 11.1. The minimum atomic E-state index is -0.693. The third kappa shape index (κ3) is 7.86. The van der Waals surface area contributed by atoms with Crippen molar-refractivity contribution in [1.29, 1.82) is 0 Å². The molecule has 3 heteroatoms. The molecule has 0 aliphatic rings. The van der Waals surface area contributed by atoms with Gasteiger partial charge >= 0.3 is 5.97 Å². The molecule has 1 unspecified atom stereocenters. The average molecular weight is 291 g/mol. The predicted molar refractivity (Wildman–Crippen MR) is 87.6 cm³/mol. The van der Waals surface area contributed by atoms with Gasteiger partial charge in [0.25, 0.3) is 0 Å². The molecule has 1 aromatic rings. The number of nitrogens with zero attached hydrogens (tertiary/aromatic N) is 1. The molecule has 0 heterocycles. The molecular weight excluding hydrogens is 262 g/mol. The van der Waals surface area contributed by atoms with E-state index in [4.69, 9.17) is 5.11 Å². The van der Waals surface area contributed by atoms with Crippen molar-refractivity contribution >= 4 is 5.97 Å². The lowest BCUT2D eigenvalue weighted by Gasteiger charge is -2.27. The topological polar surface area (TPSA) is 40.5 Å². The predicted octanol–water partition coefficient (Wildman–Crippen LogP) is 3.97. The number of hydrogen-bond acceptors (Lipinski definition) is 2. The second-order valence-electron chi connectivity index (χ2n) is 5.82. The molecule has 1 aromatic carbocycles. The second-order valence-corrected chi connectivity index (χ2v) is 5.82. The minimum Gasteiger partial charge on any atom is -0.481 e. The maximum Gasteiger partial charge on any atom is 0.304 e. The third-order valence-electron chi connectivity index (χ3n) is 4.02. The lowest BCUT2D eigenvalue weighted by atomic mass is 10.0. The Morgan fingerprint density at radius 2 is 1.90 bits per heavy atom. The van der Waals surface area contributed by atoms with E-state index in [1.165, 1.54) is 24.8 Å². The highest BCUT2D eigenvalue weighted by atomic mass is 16.4. The van der Waals surface area contributed by atoms with Gasteiger partial charge in [-0.05, 0) is 25.5 Å². The highest BCUT2D eigenvalue weighted by Gasteiger charge is 2.17. The van der Waals surface area contributed by atoms with Crippen molar-refractivity contribution in [2.45, 2.75) is 57.9 Å². The van der Waals surface area contributed by atoms with Crippen LogP contribution in [0, 0.1) is 0 Å². The van der Waals surface area contributed by atoms with Gasteiger partial charge in [0.2, 0.25) is 0 Å². The monoisotopic (exact) mass is 291 g/mol. The Balaban J connectivity index is 2.42. The normalized spacial score (nSPS) is 12.5. The van der Waals surface area contributed by atoms with Crippen molar-refractivity contribution in [2.75, 3.05) is 13.6 Å².